The van der Waals surface area contributed by atoms with Gasteiger partial charge in [-0.1, -0.05) is 91.0 Å². The molecule has 4 aromatic heterocycles. The quantitative estimate of drug-likeness (QED) is 0.191. The highest BCUT2D eigenvalue weighted by atomic mass is 32.1. The number of thiophene rings is 1. The monoisotopic (exact) mass is 577 g/mol. The fourth-order valence-electron chi connectivity index (χ4n) is 6.92. The second kappa shape index (κ2) is 8.96. The van der Waals surface area contributed by atoms with Gasteiger partial charge in [0.25, 0.3) is 0 Å². The summed E-state index contributed by atoms with van der Waals surface area (Å²) >= 11 is 1.84. The van der Waals surface area contributed by atoms with Crippen molar-refractivity contribution in [3.63, 3.8) is 0 Å². The average Bonchev–Trinajstić information content (AvgIpc) is 3.65. The van der Waals surface area contributed by atoms with E-state index in [4.69, 9.17) is 9.97 Å². The first kappa shape index (κ1) is 23.9. The van der Waals surface area contributed by atoms with Crippen LogP contribution in [0.1, 0.15) is 0 Å². The fraction of sp³-hybridized carbons (Fsp3) is 0. The largest absolute Gasteiger partial charge is 0.291 e. The van der Waals surface area contributed by atoms with Gasteiger partial charge in [0.1, 0.15) is 0 Å². The summed E-state index contributed by atoms with van der Waals surface area (Å²) in [7, 11) is 0. The van der Waals surface area contributed by atoms with Crippen LogP contribution in [0.3, 0.4) is 0 Å². The van der Waals surface area contributed by atoms with Gasteiger partial charge in [0.15, 0.2) is 5.65 Å². The molecule has 0 saturated carbocycles. The van der Waals surface area contributed by atoms with Crippen LogP contribution in [0.25, 0.3) is 91.7 Å². The molecule has 10 rings (SSSR count). The van der Waals surface area contributed by atoms with Gasteiger partial charge >= 0.3 is 0 Å². The Morgan fingerprint density at radius 3 is 2.16 bits per heavy atom. The maximum absolute atomic E-state index is 5.19. The summed E-state index contributed by atoms with van der Waals surface area (Å²) in [6.45, 7) is 0. The third-order valence-corrected chi connectivity index (χ3v) is 10.1. The third kappa shape index (κ3) is 3.37. The minimum Gasteiger partial charge on any atom is -0.291 e. The highest BCUT2D eigenvalue weighted by Crippen LogP contribution is 2.42. The Morgan fingerprint density at radius 1 is 0.545 bits per heavy atom. The van der Waals surface area contributed by atoms with Gasteiger partial charge in [-0.2, -0.15) is 0 Å². The zero-order chi connectivity index (χ0) is 28.8. The van der Waals surface area contributed by atoms with E-state index in [0.717, 1.165) is 38.8 Å². The van der Waals surface area contributed by atoms with Crippen molar-refractivity contribution in [3.8, 4) is 22.4 Å². The number of aromatic nitrogens is 3. The maximum Gasteiger partial charge on any atom is 0.156 e. The Kier molecular flexibility index (Phi) is 4.87. The topological polar surface area (TPSA) is 30.2 Å². The van der Waals surface area contributed by atoms with Gasteiger partial charge in [-0.3, -0.25) is 9.38 Å². The molecule has 4 heteroatoms. The molecule has 204 valence electrons. The molecular formula is C40H23N3S. The lowest BCUT2D eigenvalue weighted by Crippen LogP contribution is -1.93. The molecule has 6 aromatic carbocycles. The van der Waals surface area contributed by atoms with Crippen LogP contribution < -0.4 is 0 Å². The molecule has 0 aliphatic heterocycles. The molecule has 0 amide bonds. The molecule has 3 nitrogen and oxygen atoms in total. The fourth-order valence-corrected chi connectivity index (χ4v) is 8.11. The molecule has 0 unspecified atom stereocenters. The number of fused-ring (bicyclic) bond motifs is 11. The number of para-hydroxylation sites is 2. The van der Waals surface area contributed by atoms with Gasteiger partial charge in [0, 0.05) is 32.4 Å². The van der Waals surface area contributed by atoms with Crippen molar-refractivity contribution >= 4 is 80.6 Å². The van der Waals surface area contributed by atoms with E-state index in [1.807, 2.05) is 23.6 Å². The molecule has 0 aliphatic rings. The van der Waals surface area contributed by atoms with E-state index < -0.39 is 0 Å². The average molecular weight is 578 g/mol. The first-order valence-corrected chi connectivity index (χ1v) is 15.6. The second-order valence-electron chi connectivity index (χ2n) is 11.5. The van der Waals surface area contributed by atoms with Crippen LogP contribution in [-0.2, 0) is 0 Å². The molecule has 10 aromatic rings. The van der Waals surface area contributed by atoms with Crippen LogP contribution in [0.15, 0.2) is 140 Å². The predicted octanol–water partition coefficient (Wildman–Crippen LogP) is 11.0. The van der Waals surface area contributed by atoms with Crippen molar-refractivity contribution < 1.29 is 0 Å². The summed E-state index contributed by atoms with van der Waals surface area (Å²) in [5.41, 5.74) is 8.91. The molecule has 4 heterocycles. The van der Waals surface area contributed by atoms with Crippen molar-refractivity contribution in [3.05, 3.63) is 140 Å². The van der Waals surface area contributed by atoms with E-state index >= 15 is 0 Å². The first-order chi connectivity index (χ1) is 21.8. The van der Waals surface area contributed by atoms with Gasteiger partial charge in [-0.15, -0.1) is 11.3 Å². The minimum atomic E-state index is 1.01. The molecule has 0 N–H and O–H groups in total. The molecule has 0 fully saturated rings. The predicted molar refractivity (Wildman–Crippen MR) is 187 cm³/mol. The summed E-state index contributed by atoms with van der Waals surface area (Å²) in [5.74, 6) is 0. The zero-order valence-electron chi connectivity index (χ0n) is 23.5. The van der Waals surface area contributed by atoms with Gasteiger partial charge < -0.3 is 0 Å². The van der Waals surface area contributed by atoms with E-state index in [0.29, 0.717) is 0 Å². The van der Waals surface area contributed by atoms with E-state index in [2.05, 4.69) is 132 Å². The van der Waals surface area contributed by atoms with E-state index in [1.54, 1.807) is 0 Å². The Morgan fingerprint density at radius 2 is 1.27 bits per heavy atom. The number of nitrogens with zero attached hydrogens (tertiary/aromatic N) is 3. The standard InChI is InChI=1S/C40H23N3S/c1-2-9-27-22-37-32(20-26(27)8-1)33-23-36(43-35-14-6-5-13-34(35)42-40(43)39(33)44-37)25-17-15-24(16-18-25)31-21-28-10-7-19-41-38(28)30-12-4-3-11-29(30)31/h1-23H. The number of hydrogen-bond donors (Lipinski definition) is 0. The van der Waals surface area contributed by atoms with E-state index in [1.165, 1.54) is 52.8 Å². The maximum atomic E-state index is 5.19. The number of benzene rings is 6. The molecule has 0 aliphatic carbocycles. The second-order valence-corrected chi connectivity index (χ2v) is 12.5. The summed E-state index contributed by atoms with van der Waals surface area (Å²) in [4.78, 5) is 9.89. The molecule has 0 bridgehead atoms. The lowest BCUT2D eigenvalue weighted by Gasteiger charge is -2.12. The number of pyridine rings is 2. The number of imidazole rings is 1. The highest BCUT2D eigenvalue weighted by Gasteiger charge is 2.18. The normalized spacial score (nSPS) is 12.1. The molecule has 44 heavy (non-hydrogen) atoms. The van der Waals surface area contributed by atoms with E-state index in [9.17, 15) is 0 Å². The molecule has 0 atom stereocenters. The Balaban J connectivity index is 1.23. The summed E-state index contributed by atoms with van der Waals surface area (Å²) < 4.78 is 4.86. The van der Waals surface area contributed by atoms with Gasteiger partial charge in [-0.05, 0) is 75.3 Å². The van der Waals surface area contributed by atoms with Crippen LogP contribution in [0.2, 0.25) is 0 Å². The van der Waals surface area contributed by atoms with E-state index in [-0.39, 0.29) is 0 Å². The van der Waals surface area contributed by atoms with Crippen molar-refractivity contribution in [2.45, 2.75) is 0 Å². The van der Waals surface area contributed by atoms with Crippen molar-refractivity contribution in [2.75, 3.05) is 0 Å². The minimum absolute atomic E-state index is 1.01. The smallest absolute Gasteiger partial charge is 0.156 e. The summed E-state index contributed by atoms with van der Waals surface area (Å²) in [6, 6.07) is 48.2. The lowest BCUT2D eigenvalue weighted by molar-refractivity contribution is 1.25. The molecule has 0 saturated heterocycles. The summed E-state index contributed by atoms with van der Waals surface area (Å²) in [5, 5.41) is 8.62. The Hall–Kier alpha value is -5.58. The Labute approximate surface area is 256 Å². The number of rotatable bonds is 2. The zero-order valence-corrected chi connectivity index (χ0v) is 24.3. The molecule has 0 spiro atoms. The molecule has 0 radical (unpaired) electrons. The lowest BCUT2D eigenvalue weighted by atomic mass is 9.94. The molecular weight excluding hydrogens is 555 g/mol. The van der Waals surface area contributed by atoms with Gasteiger partial charge in [-0.25, -0.2) is 4.98 Å². The van der Waals surface area contributed by atoms with Crippen LogP contribution in [0.5, 0.6) is 0 Å². The van der Waals surface area contributed by atoms with Gasteiger partial charge in [0.05, 0.1) is 26.9 Å². The third-order valence-electron chi connectivity index (χ3n) is 8.98. The van der Waals surface area contributed by atoms with Gasteiger partial charge in [0.2, 0.25) is 0 Å². The van der Waals surface area contributed by atoms with Crippen LogP contribution in [0, 0.1) is 0 Å². The SMILES string of the molecule is c1ccc2cc3c(cc2c1)sc1c3cc(-c2ccc(-c3cc4cccnc4c4ccccc34)cc2)n2c3ccccc3nc12. The number of hydrogen-bond acceptors (Lipinski definition) is 3. The van der Waals surface area contributed by atoms with Crippen LogP contribution >= 0.6 is 11.3 Å². The van der Waals surface area contributed by atoms with Crippen molar-refractivity contribution in [1.82, 2.24) is 14.4 Å². The van der Waals surface area contributed by atoms with Crippen molar-refractivity contribution in [2.24, 2.45) is 0 Å². The summed E-state index contributed by atoms with van der Waals surface area (Å²) in [6.07, 6.45) is 1.87. The van der Waals surface area contributed by atoms with Crippen molar-refractivity contribution in [1.29, 1.82) is 0 Å². The Bertz CT molecular complexity index is 2770. The highest BCUT2D eigenvalue weighted by molar-refractivity contribution is 7.26. The van der Waals surface area contributed by atoms with Crippen LogP contribution in [0.4, 0.5) is 0 Å². The van der Waals surface area contributed by atoms with Crippen LogP contribution in [-0.4, -0.2) is 14.4 Å². The first-order valence-electron chi connectivity index (χ1n) is 14.8.